The van der Waals surface area contributed by atoms with E-state index < -0.39 is 0 Å². The maximum Gasteiger partial charge on any atom is 0.191 e. The highest BCUT2D eigenvalue weighted by molar-refractivity contribution is 14.0. The average molecular weight is 553 g/mol. The second-order valence-corrected chi connectivity index (χ2v) is 8.62. The molecule has 0 atom stereocenters. The molecule has 0 unspecified atom stereocenters. The summed E-state index contributed by atoms with van der Waals surface area (Å²) in [7, 11) is 1.98. The summed E-state index contributed by atoms with van der Waals surface area (Å²) in [5.41, 5.74) is 1.63. The summed E-state index contributed by atoms with van der Waals surface area (Å²) < 4.78 is 7.44. The Morgan fingerprint density at radius 1 is 1.12 bits per heavy atom. The molecular weight excluding hydrogens is 517 g/mol. The van der Waals surface area contributed by atoms with Gasteiger partial charge in [0, 0.05) is 45.2 Å². The van der Waals surface area contributed by atoms with E-state index in [0.717, 1.165) is 63.5 Å². The van der Waals surface area contributed by atoms with Crippen LogP contribution in [0.25, 0.3) is 0 Å². The van der Waals surface area contributed by atoms with E-state index in [1.807, 2.05) is 18.5 Å². The van der Waals surface area contributed by atoms with Crippen LogP contribution in [0.1, 0.15) is 36.5 Å². The minimum absolute atomic E-state index is 0. The molecule has 0 amide bonds. The third-order valence-electron chi connectivity index (χ3n) is 6.68. The van der Waals surface area contributed by atoms with Gasteiger partial charge in [-0.15, -0.1) is 34.2 Å². The second kappa shape index (κ2) is 11.9. The van der Waals surface area contributed by atoms with E-state index in [2.05, 4.69) is 56.1 Å². The maximum absolute atomic E-state index is 5.45. The molecule has 1 saturated carbocycles. The summed E-state index contributed by atoms with van der Waals surface area (Å²) in [5.74, 6) is 2.61. The van der Waals surface area contributed by atoms with E-state index in [1.54, 1.807) is 0 Å². The highest BCUT2D eigenvalue weighted by atomic mass is 127. The highest BCUT2D eigenvalue weighted by Gasteiger charge is 2.38. The van der Waals surface area contributed by atoms with Gasteiger partial charge < -0.3 is 19.9 Å². The van der Waals surface area contributed by atoms with Crippen molar-refractivity contribution in [3.8, 4) is 0 Å². The van der Waals surface area contributed by atoms with Crippen LogP contribution in [0.4, 0.5) is 0 Å². The van der Waals surface area contributed by atoms with Gasteiger partial charge in [-0.1, -0.05) is 36.8 Å². The molecule has 2 heterocycles. The van der Waals surface area contributed by atoms with Crippen LogP contribution < -0.4 is 10.6 Å². The molecule has 1 aromatic heterocycles. The molecule has 2 N–H and O–H groups in total. The molecule has 1 aliphatic heterocycles. The fourth-order valence-electron chi connectivity index (χ4n) is 4.29. The molecule has 0 bridgehead atoms. The number of aliphatic imine (C=N–C) groups is 1. The van der Waals surface area contributed by atoms with Crippen LogP contribution >= 0.6 is 24.0 Å². The molecule has 1 saturated heterocycles. The molecule has 8 nitrogen and oxygen atoms in total. The smallest absolute Gasteiger partial charge is 0.191 e. The lowest BCUT2D eigenvalue weighted by molar-refractivity contribution is 0.0389. The number of aromatic nitrogens is 3. The van der Waals surface area contributed by atoms with Crippen molar-refractivity contribution in [2.45, 2.75) is 38.1 Å². The second-order valence-electron chi connectivity index (χ2n) is 8.62. The lowest BCUT2D eigenvalue weighted by Gasteiger charge is -2.43. The number of nitrogens with one attached hydrogen (secondary N) is 2. The molecule has 0 spiro atoms. The normalized spacial score (nSPS) is 18.5. The first kappa shape index (κ1) is 24.9. The van der Waals surface area contributed by atoms with E-state index in [0.29, 0.717) is 6.54 Å². The third kappa shape index (κ3) is 6.20. The fourth-order valence-corrected chi connectivity index (χ4v) is 4.29. The number of nitrogens with zero attached hydrogens (tertiary/aromatic N) is 5. The Kier molecular flexibility index (Phi) is 9.30. The number of morpholine rings is 1. The Morgan fingerprint density at radius 2 is 1.88 bits per heavy atom. The number of ether oxygens (including phenoxy) is 1. The van der Waals surface area contributed by atoms with E-state index in [9.17, 15) is 0 Å². The molecule has 0 radical (unpaired) electrons. The Hall–Kier alpha value is -1.72. The minimum Gasteiger partial charge on any atom is -0.379 e. The Morgan fingerprint density at radius 3 is 2.50 bits per heavy atom. The molecular formula is C23H36IN7O. The van der Waals surface area contributed by atoms with Crippen LogP contribution in [0, 0.1) is 6.92 Å². The van der Waals surface area contributed by atoms with Crippen molar-refractivity contribution >= 4 is 29.9 Å². The van der Waals surface area contributed by atoms with Crippen molar-refractivity contribution in [2.75, 3.05) is 45.9 Å². The van der Waals surface area contributed by atoms with Crippen LogP contribution in [0.15, 0.2) is 35.3 Å². The van der Waals surface area contributed by atoms with Crippen LogP contribution in [-0.4, -0.2) is 71.6 Å². The molecule has 1 aromatic carbocycles. The minimum atomic E-state index is 0. The zero-order valence-electron chi connectivity index (χ0n) is 19.2. The van der Waals surface area contributed by atoms with Gasteiger partial charge in [0.15, 0.2) is 11.8 Å². The number of guanidine groups is 1. The number of hydrogen-bond donors (Lipinski definition) is 2. The monoisotopic (exact) mass is 553 g/mol. The summed E-state index contributed by atoms with van der Waals surface area (Å²) in [4.78, 5) is 7.26. The summed E-state index contributed by atoms with van der Waals surface area (Å²) in [6.45, 7) is 8.82. The Bertz CT molecular complexity index is 860. The molecule has 32 heavy (non-hydrogen) atoms. The van der Waals surface area contributed by atoms with Crippen molar-refractivity contribution < 1.29 is 4.74 Å². The van der Waals surface area contributed by atoms with E-state index >= 15 is 0 Å². The summed E-state index contributed by atoms with van der Waals surface area (Å²) >= 11 is 0. The van der Waals surface area contributed by atoms with Crippen molar-refractivity contribution in [1.82, 2.24) is 30.3 Å². The van der Waals surface area contributed by atoms with Gasteiger partial charge in [-0.05, 0) is 25.3 Å². The van der Waals surface area contributed by atoms with Crippen molar-refractivity contribution in [3.05, 3.63) is 47.5 Å². The highest BCUT2D eigenvalue weighted by Crippen LogP contribution is 2.43. The van der Waals surface area contributed by atoms with E-state index in [1.165, 1.54) is 24.8 Å². The number of aryl methyl sites for hydroxylation is 1. The van der Waals surface area contributed by atoms with Gasteiger partial charge in [-0.3, -0.25) is 4.90 Å². The molecule has 9 heteroatoms. The zero-order chi connectivity index (χ0) is 21.5. The SMILES string of the molecule is Cc1nnc(CN=C(NCCN2CCOCC2)NCC2(c3ccccc3)CCC2)n1C.I. The van der Waals surface area contributed by atoms with Crippen LogP contribution in [0.5, 0.6) is 0 Å². The number of hydrogen-bond acceptors (Lipinski definition) is 5. The first-order chi connectivity index (χ1) is 15.2. The fraction of sp³-hybridized carbons (Fsp3) is 0.609. The van der Waals surface area contributed by atoms with Gasteiger partial charge in [0.2, 0.25) is 0 Å². The first-order valence-corrected chi connectivity index (χ1v) is 11.4. The number of benzene rings is 1. The van der Waals surface area contributed by atoms with Crippen molar-refractivity contribution in [2.24, 2.45) is 12.0 Å². The topological polar surface area (TPSA) is 79.6 Å². The summed E-state index contributed by atoms with van der Waals surface area (Å²) in [5, 5.41) is 15.6. The van der Waals surface area contributed by atoms with E-state index in [-0.39, 0.29) is 29.4 Å². The summed E-state index contributed by atoms with van der Waals surface area (Å²) in [6.07, 6.45) is 3.72. The average Bonchev–Trinajstić information content (AvgIpc) is 3.10. The number of halogens is 1. The predicted molar refractivity (Wildman–Crippen MR) is 138 cm³/mol. The van der Waals surface area contributed by atoms with Gasteiger partial charge in [0.1, 0.15) is 12.4 Å². The third-order valence-corrected chi connectivity index (χ3v) is 6.68. The van der Waals surface area contributed by atoms with Crippen LogP contribution in [-0.2, 0) is 23.7 Å². The molecule has 2 fully saturated rings. The predicted octanol–water partition coefficient (Wildman–Crippen LogP) is 2.23. The molecule has 2 aromatic rings. The standard InChI is InChI=1S/C23H35N7O.HI/c1-19-27-28-21(29(19)2)17-25-22(24-11-12-30-13-15-31-16-14-30)26-18-23(9-6-10-23)20-7-4-3-5-8-20;/h3-5,7-8H,6,9-18H2,1-2H3,(H2,24,25,26);1H. The quantitative estimate of drug-likeness (QED) is 0.297. The van der Waals surface area contributed by atoms with Crippen LogP contribution in [0.3, 0.4) is 0 Å². The molecule has 176 valence electrons. The lowest BCUT2D eigenvalue weighted by atomic mass is 9.64. The van der Waals surface area contributed by atoms with Gasteiger partial charge in [0.25, 0.3) is 0 Å². The number of rotatable bonds is 8. The van der Waals surface area contributed by atoms with Crippen molar-refractivity contribution in [1.29, 1.82) is 0 Å². The Labute approximate surface area is 208 Å². The lowest BCUT2D eigenvalue weighted by Crippen LogP contribution is -2.50. The first-order valence-electron chi connectivity index (χ1n) is 11.4. The molecule has 4 rings (SSSR count). The zero-order valence-corrected chi connectivity index (χ0v) is 21.5. The molecule has 1 aliphatic carbocycles. The van der Waals surface area contributed by atoms with Gasteiger partial charge in [-0.2, -0.15) is 0 Å². The maximum atomic E-state index is 5.45. The van der Waals surface area contributed by atoms with Gasteiger partial charge >= 0.3 is 0 Å². The molecule has 2 aliphatic rings. The van der Waals surface area contributed by atoms with Gasteiger partial charge in [-0.25, -0.2) is 4.99 Å². The van der Waals surface area contributed by atoms with E-state index in [4.69, 9.17) is 9.73 Å². The van der Waals surface area contributed by atoms with Gasteiger partial charge in [0.05, 0.1) is 13.2 Å². The largest absolute Gasteiger partial charge is 0.379 e. The Balaban J connectivity index is 0.00000289. The van der Waals surface area contributed by atoms with Crippen LogP contribution in [0.2, 0.25) is 0 Å². The summed E-state index contributed by atoms with van der Waals surface area (Å²) in [6, 6.07) is 10.9. The van der Waals surface area contributed by atoms with Crippen molar-refractivity contribution in [3.63, 3.8) is 0 Å².